The van der Waals surface area contributed by atoms with Crippen molar-refractivity contribution in [1.29, 1.82) is 0 Å². The monoisotopic (exact) mass is 232 g/mol. The molecule has 0 spiro atoms. The Morgan fingerprint density at radius 1 is 1.47 bits per heavy atom. The Hall–Kier alpha value is -1.01. The standard InChI is InChI=1S/C9H13FN2O2S/c1-15(13,14)12-6-2-3-8-4-5-9(10)11-7-8/h4-5,7,12H,2-3,6H2,1H3. The Bertz CT molecular complexity index is 403. The fourth-order valence-corrected chi connectivity index (χ4v) is 1.62. The largest absolute Gasteiger partial charge is 0.228 e. The van der Waals surface area contributed by atoms with Gasteiger partial charge >= 0.3 is 0 Å². The molecule has 0 bridgehead atoms. The first kappa shape index (κ1) is 12.1. The van der Waals surface area contributed by atoms with Crippen LogP contribution in [0.1, 0.15) is 12.0 Å². The number of aryl methyl sites for hydroxylation is 1. The quantitative estimate of drug-likeness (QED) is 0.600. The van der Waals surface area contributed by atoms with E-state index in [2.05, 4.69) is 9.71 Å². The highest BCUT2D eigenvalue weighted by Gasteiger charge is 1.99. The number of halogens is 1. The minimum Gasteiger partial charge on any atom is -0.228 e. The fraction of sp³-hybridized carbons (Fsp3) is 0.444. The van der Waals surface area contributed by atoms with Crippen molar-refractivity contribution in [3.8, 4) is 0 Å². The molecule has 0 aromatic carbocycles. The van der Waals surface area contributed by atoms with E-state index in [1.165, 1.54) is 12.3 Å². The van der Waals surface area contributed by atoms with Gasteiger partial charge in [0.25, 0.3) is 0 Å². The van der Waals surface area contributed by atoms with Gasteiger partial charge in [0.1, 0.15) is 0 Å². The van der Waals surface area contributed by atoms with Gasteiger partial charge in [-0.15, -0.1) is 0 Å². The summed E-state index contributed by atoms with van der Waals surface area (Å²) < 4.78 is 36.2. The van der Waals surface area contributed by atoms with E-state index in [1.807, 2.05) is 0 Å². The lowest BCUT2D eigenvalue weighted by Gasteiger charge is -2.02. The maximum Gasteiger partial charge on any atom is 0.212 e. The summed E-state index contributed by atoms with van der Waals surface area (Å²) in [7, 11) is -3.11. The van der Waals surface area contributed by atoms with Gasteiger partial charge in [0.2, 0.25) is 16.0 Å². The molecular weight excluding hydrogens is 219 g/mol. The number of rotatable bonds is 5. The van der Waals surface area contributed by atoms with E-state index in [0.29, 0.717) is 19.4 Å². The van der Waals surface area contributed by atoms with Crippen LogP contribution in [0.15, 0.2) is 18.3 Å². The maximum atomic E-state index is 12.4. The van der Waals surface area contributed by atoms with Crippen LogP contribution in [0.3, 0.4) is 0 Å². The van der Waals surface area contributed by atoms with Crippen LogP contribution in [0.2, 0.25) is 0 Å². The van der Waals surface area contributed by atoms with Gasteiger partial charge in [-0.1, -0.05) is 6.07 Å². The number of nitrogens with zero attached hydrogens (tertiary/aromatic N) is 1. The Morgan fingerprint density at radius 3 is 2.73 bits per heavy atom. The van der Waals surface area contributed by atoms with E-state index < -0.39 is 16.0 Å². The zero-order chi connectivity index (χ0) is 11.3. The summed E-state index contributed by atoms with van der Waals surface area (Å²) in [5, 5.41) is 0. The number of sulfonamides is 1. The van der Waals surface area contributed by atoms with Crippen LogP contribution in [0.4, 0.5) is 4.39 Å². The van der Waals surface area contributed by atoms with Crippen LogP contribution in [0.5, 0.6) is 0 Å². The van der Waals surface area contributed by atoms with Crippen molar-refractivity contribution in [3.05, 3.63) is 29.8 Å². The molecule has 0 saturated heterocycles. The van der Waals surface area contributed by atoms with E-state index in [4.69, 9.17) is 0 Å². The van der Waals surface area contributed by atoms with E-state index in [1.54, 1.807) is 6.07 Å². The van der Waals surface area contributed by atoms with Crippen molar-refractivity contribution in [2.45, 2.75) is 12.8 Å². The van der Waals surface area contributed by atoms with Gasteiger partial charge in [-0.25, -0.2) is 18.1 Å². The van der Waals surface area contributed by atoms with Crippen molar-refractivity contribution in [2.24, 2.45) is 0 Å². The third kappa shape index (κ3) is 5.44. The topological polar surface area (TPSA) is 59.1 Å². The summed E-state index contributed by atoms with van der Waals surface area (Å²) in [6.45, 7) is 0.385. The number of nitrogens with one attached hydrogen (secondary N) is 1. The van der Waals surface area contributed by atoms with Crippen LogP contribution in [-0.2, 0) is 16.4 Å². The zero-order valence-electron chi connectivity index (χ0n) is 8.40. The second-order valence-corrected chi connectivity index (χ2v) is 5.09. The second kappa shape index (κ2) is 5.18. The normalized spacial score (nSPS) is 11.6. The van der Waals surface area contributed by atoms with Crippen molar-refractivity contribution < 1.29 is 12.8 Å². The first-order valence-corrected chi connectivity index (χ1v) is 6.41. The van der Waals surface area contributed by atoms with Crippen molar-refractivity contribution in [2.75, 3.05) is 12.8 Å². The molecule has 1 N–H and O–H groups in total. The molecule has 1 heterocycles. The number of hydrogen-bond donors (Lipinski definition) is 1. The van der Waals surface area contributed by atoms with Crippen LogP contribution in [0.25, 0.3) is 0 Å². The first-order chi connectivity index (χ1) is 6.97. The molecular formula is C9H13FN2O2S. The van der Waals surface area contributed by atoms with Gasteiger partial charge < -0.3 is 0 Å². The molecule has 6 heteroatoms. The average molecular weight is 232 g/mol. The summed E-state index contributed by atoms with van der Waals surface area (Å²) in [5.41, 5.74) is 0.895. The Morgan fingerprint density at radius 2 is 2.20 bits per heavy atom. The molecule has 1 aromatic rings. The van der Waals surface area contributed by atoms with E-state index >= 15 is 0 Å². The summed E-state index contributed by atoms with van der Waals surface area (Å²) >= 11 is 0. The molecule has 15 heavy (non-hydrogen) atoms. The van der Waals surface area contributed by atoms with Crippen molar-refractivity contribution in [1.82, 2.24) is 9.71 Å². The molecule has 0 aliphatic carbocycles. The Kier molecular flexibility index (Phi) is 4.16. The number of aromatic nitrogens is 1. The number of pyridine rings is 1. The van der Waals surface area contributed by atoms with Crippen LogP contribution >= 0.6 is 0 Å². The molecule has 1 aromatic heterocycles. The molecule has 0 aliphatic heterocycles. The average Bonchev–Trinajstić information content (AvgIpc) is 2.14. The highest BCUT2D eigenvalue weighted by atomic mass is 32.2. The lowest BCUT2D eigenvalue weighted by molar-refractivity contribution is 0.580. The Labute approximate surface area is 88.6 Å². The van der Waals surface area contributed by atoms with Gasteiger partial charge in [0.15, 0.2) is 0 Å². The van der Waals surface area contributed by atoms with Gasteiger partial charge in [-0.05, 0) is 24.5 Å². The molecule has 0 aliphatic rings. The SMILES string of the molecule is CS(=O)(=O)NCCCc1ccc(F)nc1. The van der Waals surface area contributed by atoms with Gasteiger partial charge in [0, 0.05) is 12.7 Å². The van der Waals surface area contributed by atoms with Crippen LogP contribution in [0, 0.1) is 5.95 Å². The molecule has 0 radical (unpaired) electrons. The summed E-state index contributed by atoms with van der Waals surface area (Å²) in [6, 6.07) is 2.93. The molecule has 0 saturated carbocycles. The summed E-state index contributed by atoms with van der Waals surface area (Å²) in [4.78, 5) is 3.50. The van der Waals surface area contributed by atoms with E-state index in [0.717, 1.165) is 11.8 Å². The summed E-state index contributed by atoms with van der Waals surface area (Å²) in [5.74, 6) is -0.506. The molecule has 4 nitrogen and oxygen atoms in total. The van der Waals surface area contributed by atoms with Crippen LogP contribution < -0.4 is 4.72 Å². The minimum absolute atomic E-state index is 0.385. The smallest absolute Gasteiger partial charge is 0.212 e. The zero-order valence-corrected chi connectivity index (χ0v) is 9.22. The van der Waals surface area contributed by atoms with E-state index in [-0.39, 0.29) is 0 Å². The van der Waals surface area contributed by atoms with Crippen LogP contribution in [-0.4, -0.2) is 26.2 Å². The Balaban J connectivity index is 2.29. The number of hydrogen-bond acceptors (Lipinski definition) is 3. The van der Waals surface area contributed by atoms with Gasteiger partial charge in [-0.3, -0.25) is 0 Å². The first-order valence-electron chi connectivity index (χ1n) is 4.52. The van der Waals surface area contributed by atoms with Gasteiger partial charge in [0.05, 0.1) is 6.26 Å². The molecule has 84 valence electrons. The van der Waals surface area contributed by atoms with E-state index in [9.17, 15) is 12.8 Å². The molecule has 0 atom stereocenters. The third-order valence-corrected chi connectivity index (χ3v) is 2.52. The van der Waals surface area contributed by atoms with Gasteiger partial charge in [-0.2, -0.15) is 4.39 Å². The molecule has 1 rings (SSSR count). The highest BCUT2D eigenvalue weighted by molar-refractivity contribution is 7.88. The molecule has 0 unspecified atom stereocenters. The lowest BCUT2D eigenvalue weighted by Crippen LogP contribution is -2.23. The minimum atomic E-state index is -3.11. The lowest BCUT2D eigenvalue weighted by atomic mass is 10.2. The third-order valence-electron chi connectivity index (χ3n) is 1.80. The second-order valence-electron chi connectivity index (χ2n) is 3.26. The molecule has 0 fully saturated rings. The maximum absolute atomic E-state index is 12.4. The predicted molar refractivity (Wildman–Crippen MR) is 55.4 cm³/mol. The summed E-state index contributed by atoms with van der Waals surface area (Å²) in [6.07, 6.45) is 3.92. The molecule has 0 amide bonds. The highest BCUT2D eigenvalue weighted by Crippen LogP contribution is 2.01. The predicted octanol–water partition coefficient (Wildman–Crippen LogP) is 0.702. The fourth-order valence-electron chi connectivity index (χ4n) is 1.10. The van der Waals surface area contributed by atoms with Crippen molar-refractivity contribution >= 4 is 10.0 Å². The van der Waals surface area contributed by atoms with Crippen molar-refractivity contribution in [3.63, 3.8) is 0 Å².